The quantitative estimate of drug-likeness (QED) is 0.186. The van der Waals surface area contributed by atoms with E-state index in [1.807, 2.05) is 12.1 Å². The van der Waals surface area contributed by atoms with Crippen LogP contribution >= 0.6 is 0 Å². The van der Waals surface area contributed by atoms with E-state index in [1.54, 1.807) is 80.6 Å². The summed E-state index contributed by atoms with van der Waals surface area (Å²) in [5, 5.41) is 11.1. The van der Waals surface area contributed by atoms with Crippen molar-refractivity contribution in [1.82, 2.24) is 0 Å². The van der Waals surface area contributed by atoms with Crippen LogP contribution in [0.1, 0.15) is 52.7 Å². The first-order chi connectivity index (χ1) is 21.2. The summed E-state index contributed by atoms with van der Waals surface area (Å²) < 4.78 is 0. The van der Waals surface area contributed by atoms with Crippen molar-refractivity contribution < 1.29 is 29.1 Å². The van der Waals surface area contributed by atoms with Crippen LogP contribution in [-0.2, 0) is 19.2 Å². The minimum atomic E-state index is -0.731. The van der Waals surface area contributed by atoms with Crippen LogP contribution in [0.15, 0.2) is 107 Å². The van der Waals surface area contributed by atoms with E-state index in [9.17, 15) is 29.1 Å². The number of para-hydroxylation sites is 1. The van der Waals surface area contributed by atoms with Gasteiger partial charge in [-0.15, -0.1) is 0 Å². The number of aryl methyl sites for hydroxylation is 1. The van der Waals surface area contributed by atoms with Crippen LogP contribution in [0.4, 0.5) is 5.69 Å². The number of aromatic hydroxyl groups is 1. The van der Waals surface area contributed by atoms with Crippen LogP contribution in [0.3, 0.4) is 0 Å². The van der Waals surface area contributed by atoms with Gasteiger partial charge in [-0.3, -0.25) is 28.9 Å². The Bertz CT molecular complexity index is 1900. The maximum atomic E-state index is 14.2. The van der Waals surface area contributed by atoms with Gasteiger partial charge >= 0.3 is 0 Å². The minimum Gasteiger partial charge on any atom is -0.507 e. The molecule has 1 fully saturated rings. The highest BCUT2D eigenvalue weighted by atomic mass is 16.3. The van der Waals surface area contributed by atoms with Crippen molar-refractivity contribution in [3.63, 3.8) is 0 Å². The van der Waals surface area contributed by atoms with Crippen LogP contribution in [0, 0.1) is 24.7 Å². The van der Waals surface area contributed by atoms with Crippen molar-refractivity contribution >= 4 is 34.9 Å². The molecule has 7 rings (SSSR count). The number of benzene rings is 3. The summed E-state index contributed by atoms with van der Waals surface area (Å²) in [6, 6.07) is 20.7. The third-order valence-electron chi connectivity index (χ3n) is 9.57. The summed E-state index contributed by atoms with van der Waals surface area (Å²) in [7, 11) is 0. The molecule has 0 radical (unpaired) electrons. The van der Waals surface area contributed by atoms with E-state index in [0.29, 0.717) is 51.1 Å². The predicted molar refractivity (Wildman–Crippen MR) is 163 cm³/mol. The molecule has 7 heteroatoms. The first-order valence-electron chi connectivity index (χ1n) is 14.7. The van der Waals surface area contributed by atoms with Crippen molar-refractivity contribution in [1.29, 1.82) is 0 Å². The van der Waals surface area contributed by atoms with Crippen molar-refractivity contribution in [2.45, 2.75) is 32.6 Å². The Labute approximate surface area is 254 Å². The van der Waals surface area contributed by atoms with Crippen LogP contribution in [0.25, 0.3) is 0 Å². The second-order valence-corrected chi connectivity index (χ2v) is 12.0. The Balaban J connectivity index is 1.27. The molecule has 1 saturated heterocycles. The van der Waals surface area contributed by atoms with Gasteiger partial charge < -0.3 is 5.11 Å². The average molecular weight is 584 g/mol. The molecule has 3 aliphatic carbocycles. The third-order valence-corrected chi connectivity index (χ3v) is 9.57. The fourth-order valence-corrected chi connectivity index (χ4v) is 7.42. The molecule has 4 aliphatic rings. The number of amides is 2. The Morgan fingerprint density at radius 3 is 2.25 bits per heavy atom. The molecule has 0 spiro atoms. The zero-order valence-corrected chi connectivity index (χ0v) is 24.2. The normalized spacial score (nSPS) is 24.5. The number of ketones is 3. The van der Waals surface area contributed by atoms with Crippen LogP contribution in [0.2, 0.25) is 0 Å². The van der Waals surface area contributed by atoms with Crippen LogP contribution in [-0.4, -0.2) is 34.3 Å². The molecule has 3 aromatic carbocycles. The van der Waals surface area contributed by atoms with Gasteiger partial charge in [0, 0.05) is 39.3 Å². The molecule has 1 N–H and O–H groups in total. The Morgan fingerprint density at radius 1 is 0.818 bits per heavy atom. The van der Waals surface area contributed by atoms with Gasteiger partial charge in [0.15, 0.2) is 17.3 Å². The minimum absolute atomic E-state index is 0.0418. The monoisotopic (exact) mass is 583 g/mol. The van der Waals surface area contributed by atoms with Gasteiger partial charge in [-0.05, 0) is 68.5 Å². The van der Waals surface area contributed by atoms with Crippen molar-refractivity contribution in [2.75, 3.05) is 4.90 Å². The fourth-order valence-electron chi connectivity index (χ4n) is 7.42. The number of phenolic OH excluding ortho intramolecular Hbond substituents is 1. The lowest BCUT2D eigenvalue weighted by Gasteiger charge is -2.42. The predicted octanol–water partition coefficient (Wildman–Crippen LogP) is 5.57. The van der Waals surface area contributed by atoms with Gasteiger partial charge in [-0.2, -0.15) is 0 Å². The summed E-state index contributed by atoms with van der Waals surface area (Å²) in [5.74, 6) is -3.88. The maximum Gasteiger partial charge on any atom is 0.238 e. The number of nitrogens with zero attached hydrogens (tertiary/aromatic N) is 1. The van der Waals surface area contributed by atoms with Crippen LogP contribution in [0.5, 0.6) is 5.75 Å². The first-order valence-corrected chi connectivity index (χ1v) is 14.7. The second kappa shape index (κ2) is 10.2. The topological polar surface area (TPSA) is 109 Å². The zero-order chi connectivity index (χ0) is 30.9. The lowest BCUT2D eigenvalue weighted by molar-refractivity contribution is -0.123. The van der Waals surface area contributed by atoms with E-state index in [-0.39, 0.29) is 41.3 Å². The molecule has 0 bridgehead atoms. The molecule has 1 aliphatic heterocycles. The molecule has 3 aromatic rings. The molecule has 4 unspecified atom stereocenters. The number of hydrogen-bond donors (Lipinski definition) is 1. The highest BCUT2D eigenvalue weighted by Crippen LogP contribution is 2.56. The molecular weight excluding hydrogens is 554 g/mol. The lowest BCUT2D eigenvalue weighted by atomic mass is 9.59. The van der Waals surface area contributed by atoms with E-state index in [2.05, 4.69) is 0 Å². The number of rotatable bonds is 4. The van der Waals surface area contributed by atoms with Crippen LogP contribution < -0.4 is 4.90 Å². The fraction of sp³-hybridized carbons (Fsp3) is 0.216. The number of Topliss-reactive ketones (excluding diaryl/α,β-unsaturated/α-hetero) is 1. The number of carbonyl (C=O) groups is 5. The Morgan fingerprint density at radius 2 is 1.52 bits per heavy atom. The molecule has 4 atom stereocenters. The Hall–Kier alpha value is -5.17. The van der Waals surface area contributed by atoms with Gasteiger partial charge in [0.05, 0.1) is 17.5 Å². The molecule has 1 heterocycles. The Kier molecular flexibility index (Phi) is 6.43. The molecule has 0 saturated carbocycles. The average Bonchev–Trinajstić information content (AvgIpc) is 3.29. The number of fused-ring (bicyclic) bond motifs is 3. The molecule has 44 heavy (non-hydrogen) atoms. The molecule has 0 aromatic heterocycles. The number of imide groups is 1. The second-order valence-electron chi connectivity index (χ2n) is 12.0. The van der Waals surface area contributed by atoms with Gasteiger partial charge in [0.2, 0.25) is 11.8 Å². The van der Waals surface area contributed by atoms with Gasteiger partial charge in [0.1, 0.15) is 5.75 Å². The van der Waals surface area contributed by atoms with Gasteiger partial charge in [-0.1, -0.05) is 60.2 Å². The van der Waals surface area contributed by atoms with Gasteiger partial charge in [-0.25, -0.2) is 0 Å². The maximum absolute atomic E-state index is 14.2. The number of phenols is 1. The number of anilines is 1. The number of carbonyl (C=O) groups excluding carboxylic acids is 5. The molecular formula is C37H29NO6. The summed E-state index contributed by atoms with van der Waals surface area (Å²) >= 11 is 0. The van der Waals surface area contributed by atoms with E-state index < -0.39 is 23.7 Å². The van der Waals surface area contributed by atoms with E-state index in [4.69, 9.17) is 0 Å². The zero-order valence-electron chi connectivity index (χ0n) is 24.2. The lowest BCUT2D eigenvalue weighted by Crippen LogP contribution is -2.39. The third kappa shape index (κ3) is 4.07. The summed E-state index contributed by atoms with van der Waals surface area (Å²) in [4.78, 5) is 69.0. The largest absolute Gasteiger partial charge is 0.507 e. The number of hydrogen-bond acceptors (Lipinski definition) is 6. The number of allylic oxidation sites excluding steroid dienone is 6. The van der Waals surface area contributed by atoms with E-state index >= 15 is 0 Å². The van der Waals surface area contributed by atoms with Crippen molar-refractivity contribution in [2.24, 2.45) is 17.8 Å². The van der Waals surface area contributed by atoms with Crippen molar-refractivity contribution in [3.05, 3.63) is 129 Å². The SMILES string of the molecule is CC1=CC(=O)C2=C(CC3C(=CCC4C(=O)N(c5ccc(C(=O)c6ccccc6)cc5)C(=O)C43)C2c2cccc(C)c2O)C1=O. The molecule has 7 nitrogen and oxygen atoms in total. The molecule has 2 amide bonds. The van der Waals surface area contributed by atoms with E-state index in [1.165, 1.54) is 11.0 Å². The van der Waals surface area contributed by atoms with E-state index in [0.717, 1.165) is 5.57 Å². The highest BCUT2D eigenvalue weighted by Gasteiger charge is 2.56. The smallest absolute Gasteiger partial charge is 0.238 e. The molecule has 218 valence electrons. The highest BCUT2D eigenvalue weighted by molar-refractivity contribution is 6.25. The standard InChI is InChI=1S/C37H29NO6/c1-19-7-6-10-25(33(19)40)30-24-15-16-26-31(27(24)18-28-32(30)29(39)17-20(2)34(28)41)37(44)38(36(26)43)23-13-11-22(12-14-23)35(42)21-8-4-3-5-9-21/h3-15,17,26-27,30-31,40H,16,18H2,1-2H3. The summed E-state index contributed by atoms with van der Waals surface area (Å²) in [6.45, 7) is 3.38. The van der Waals surface area contributed by atoms with Crippen molar-refractivity contribution in [3.8, 4) is 5.75 Å². The first kappa shape index (κ1) is 27.7. The summed E-state index contributed by atoms with van der Waals surface area (Å²) in [6.07, 6.45) is 3.75. The van der Waals surface area contributed by atoms with Gasteiger partial charge in [0.25, 0.3) is 0 Å². The summed E-state index contributed by atoms with van der Waals surface area (Å²) in [5.41, 5.74) is 4.32.